The van der Waals surface area contributed by atoms with Gasteiger partial charge in [0.2, 0.25) is 0 Å². The van der Waals surface area contributed by atoms with Crippen molar-refractivity contribution < 1.29 is 4.79 Å². The van der Waals surface area contributed by atoms with E-state index in [0.717, 1.165) is 34.6 Å². The molecule has 0 radical (unpaired) electrons. The highest BCUT2D eigenvalue weighted by atomic mass is 32.1. The first-order valence-corrected chi connectivity index (χ1v) is 10.2. The number of ketones is 1. The number of benzene rings is 2. The average molecular weight is 372 g/mol. The topological polar surface area (TPSA) is 41.1 Å². The van der Waals surface area contributed by atoms with Gasteiger partial charge in [-0.1, -0.05) is 42.5 Å². The van der Waals surface area contributed by atoms with Gasteiger partial charge in [-0.15, -0.1) is 0 Å². The lowest BCUT2D eigenvalue weighted by Crippen LogP contribution is -2.26. The van der Waals surface area contributed by atoms with Gasteiger partial charge in [-0.25, -0.2) is 0 Å². The maximum absolute atomic E-state index is 13.3. The minimum absolute atomic E-state index is 0.105. The Morgan fingerprint density at radius 1 is 0.852 bits per heavy atom. The first kappa shape index (κ1) is 16.3. The van der Waals surface area contributed by atoms with Crippen molar-refractivity contribution in [2.75, 3.05) is 10.6 Å². The molecule has 0 amide bonds. The lowest BCUT2D eigenvalue weighted by Gasteiger charge is -2.29. The number of fused-ring (bicyclic) bond motifs is 1. The molecule has 0 fully saturated rings. The molecule has 3 nitrogen and oxygen atoms in total. The van der Waals surface area contributed by atoms with Gasteiger partial charge in [-0.2, -0.15) is 11.3 Å². The summed E-state index contributed by atoms with van der Waals surface area (Å²) in [5.74, 6) is 0.451. The highest BCUT2D eigenvalue weighted by Crippen LogP contribution is 2.44. The van der Waals surface area contributed by atoms with E-state index < -0.39 is 0 Å². The van der Waals surface area contributed by atoms with Crippen LogP contribution < -0.4 is 10.6 Å². The van der Waals surface area contributed by atoms with Crippen LogP contribution in [0.4, 0.5) is 11.4 Å². The number of rotatable bonds is 2. The Balaban J connectivity index is 1.61. The summed E-state index contributed by atoms with van der Waals surface area (Å²) in [4.78, 5) is 13.3. The standard InChI is InChI=1S/C23H20N2OS/c26-21-13-17(15-6-2-1-3-7-15)12-20-22(21)23(16-10-11-27-14-16)25-19-9-5-4-8-18(19)24-20/h1-11,14,17,23-25H,12-13H2/t17-,23+/m1/s1. The quantitative estimate of drug-likeness (QED) is 0.604. The van der Waals surface area contributed by atoms with Gasteiger partial charge in [0.1, 0.15) is 0 Å². The Bertz CT molecular complexity index is 1010. The van der Waals surface area contributed by atoms with Gasteiger partial charge in [0.15, 0.2) is 5.78 Å². The number of carbonyl (C=O) groups excluding carboxylic acids is 1. The van der Waals surface area contributed by atoms with Crippen LogP contribution in [0.2, 0.25) is 0 Å². The monoisotopic (exact) mass is 372 g/mol. The van der Waals surface area contributed by atoms with Gasteiger partial charge in [0, 0.05) is 17.7 Å². The summed E-state index contributed by atoms with van der Waals surface area (Å²) < 4.78 is 0. The SMILES string of the molecule is O=C1C[C@H](c2ccccc2)CC2=C1[C@H](c1ccsc1)Nc1ccccc1N2. The van der Waals surface area contributed by atoms with Crippen molar-refractivity contribution in [3.05, 3.63) is 93.8 Å². The third kappa shape index (κ3) is 2.96. The molecule has 2 N–H and O–H groups in total. The average Bonchev–Trinajstić information content (AvgIpc) is 3.17. The predicted octanol–water partition coefficient (Wildman–Crippen LogP) is 5.73. The smallest absolute Gasteiger partial charge is 0.163 e. The molecule has 4 heteroatoms. The highest BCUT2D eigenvalue weighted by molar-refractivity contribution is 7.08. The lowest BCUT2D eigenvalue weighted by molar-refractivity contribution is -0.116. The van der Waals surface area contributed by atoms with Crippen LogP contribution in [0, 0.1) is 0 Å². The number of allylic oxidation sites excluding steroid dienone is 1. The molecule has 134 valence electrons. The minimum atomic E-state index is -0.105. The fraction of sp³-hybridized carbons (Fsp3) is 0.174. The summed E-state index contributed by atoms with van der Waals surface area (Å²) in [6.07, 6.45) is 1.41. The van der Waals surface area contributed by atoms with Gasteiger partial charge in [0.05, 0.1) is 17.4 Å². The van der Waals surface area contributed by atoms with Crippen molar-refractivity contribution in [2.45, 2.75) is 24.8 Å². The fourth-order valence-corrected chi connectivity index (χ4v) is 4.83. The second kappa shape index (κ2) is 6.71. The maximum atomic E-state index is 13.3. The number of hydrogen-bond acceptors (Lipinski definition) is 4. The second-order valence-corrected chi connectivity index (χ2v) is 7.92. The lowest BCUT2D eigenvalue weighted by atomic mass is 9.79. The zero-order valence-corrected chi connectivity index (χ0v) is 15.6. The molecule has 3 aromatic rings. The zero-order valence-electron chi connectivity index (χ0n) is 14.8. The van der Waals surface area contributed by atoms with Gasteiger partial charge >= 0.3 is 0 Å². The Hall–Kier alpha value is -2.85. The number of nitrogens with one attached hydrogen (secondary N) is 2. The van der Waals surface area contributed by atoms with Crippen molar-refractivity contribution in [3.63, 3.8) is 0 Å². The van der Waals surface area contributed by atoms with E-state index in [1.54, 1.807) is 11.3 Å². The summed E-state index contributed by atoms with van der Waals surface area (Å²) in [6.45, 7) is 0. The number of Topliss-reactive ketones (excluding diaryl/α,β-unsaturated/α-hetero) is 1. The molecular formula is C23H20N2OS. The zero-order chi connectivity index (χ0) is 18.2. The van der Waals surface area contributed by atoms with E-state index in [1.165, 1.54) is 5.56 Å². The van der Waals surface area contributed by atoms with Crippen molar-refractivity contribution in [1.82, 2.24) is 0 Å². The normalized spacial score (nSPS) is 21.6. The molecule has 1 aliphatic carbocycles. The van der Waals surface area contributed by atoms with Crippen molar-refractivity contribution in [3.8, 4) is 0 Å². The van der Waals surface area contributed by atoms with Gasteiger partial charge in [-0.05, 0) is 52.4 Å². The summed E-state index contributed by atoms with van der Waals surface area (Å²) in [5, 5.41) is 11.4. The van der Waals surface area contributed by atoms with Crippen LogP contribution in [-0.4, -0.2) is 5.78 Å². The molecule has 2 atom stereocenters. The predicted molar refractivity (Wildman–Crippen MR) is 111 cm³/mol. The maximum Gasteiger partial charge on any atom is 0.163 e. The molecule has 0 unspecified atom stereocenters. The van der Waals surface area contributed by atoms with Crippen LogP contribution >= 0.6 is 11.3 Å². The van der Waals surface area contributed by atoms with E-state index in [0.29, 0.717) is 6.42 Å². The first-order chi connectivity index (χ1) is 13.3. The Morgan fingerprint density at radius 3 is 2.41 bits per heavy atom. The van der Waals surface area contributed by atoms with E-state index in [2.05, 4.69) is 63.9 Å². The van der Waals surface area contributed by atoms with E-state index in [4.69, 9.17) is 0 Å². The van der Waals surface area contributed by atoms with Crippen LogP contribution in [0.5, 0.6) is 0 Å². The molecule has 0 saturated heterocycles. The number of thiophene rings is 1. The molecule has 5 rings (SSSR count). The van der Waals surface area contributed by atoms with E-state index in [9.17, 15) is 4.79 Å². The Labute approximate surface area is 162 Å². The molecule has 1 aliphatic heterocycles. The van der Waals surface area contributed by atoms with Gasteiger partial charge in [-0.3, -0.25) is 4.79 Å². The third-order valence-corrected chi connectivity index (χ3v) is 6.16. The van der Waals surface area contributed by atoms with Crippen LogP contribution in [0.25, 0.3) is 0 Å². The van der Waals surface area contributed by atoms with Crippen molar-refractivity contribution in [2.24, 2.45) is 0 Å². The molecular weight excluding hydrogens is 352 g/mol. The van der Waals surface area contributed by atoms with E-state index >= 15 is 0 Å². The first-order valence-electron chi connectivity index (χ1n) is 9.25. The van der Waals surface area contributed by atoms with Crippen LogP contribution in [0.1, 0.15) is 35.9 Å². The highest BCUT2D eigenvalue weighted by Gasteiger charge is 2.36. The minimum Gasteiger partial charge on any atom is -0.372 e. The van der Waals surface area contributed by atoms with Crippen LogP contribution in [0.3, 0.4) is 0 Å². The van der Waals surface area contributed by atoms with Gasteiger partial charge in [0.25, 0.3) is 0 Å². The molecule has 1 aromatic heterocycles. The van der Waals surface area contributed by atoms with E-state index in [-0.39, 0.29) is 17.7 Å². The molecule has 0 saturated carbocycles. The number of para-hydroxylation sites is 2. The van der Waals surface area contributed by atoms with Crippen molar-refractivity contribution in [1.29, 1.82) is 0 Å². The van der Waals surface area contributed by atoms with Gasteiger partial charge < -0.3 is 10.6 Å². The summed E-state index contributed by atoms with van der Waals surface area (Å²) in [5.41, 5.74) is 6.39. The number of anilines is 2. The van der Waals surface area contributed by atoms with Crippen LogP contribution in [0.15, 0.2) is 82.7 Å². The number of carbonyl (C=O) groups is 1. The summed E-state index contributed by atoms with van der Waals surface area (Å²) in [6, 6.07) is 20.6. The summed E-state index contributed by atoms with van der Waals surface area (Å²) in [7, 11) is 0. The van der Waals surface area contributed by atoms with Crippen LogP contribution in [-0.2, 0) is 4.79 Å². The Morgan fingerprint density at radius 2 is 1.63 bits per heavy atom. The molecule has 2 heterocycles. The fourth-order valence-electron chi connectivity index (χ4n) is 4.14. The molecule has 2 aromatic carbocycles. The number of hydrogen-bond donors (Lipinski definition) is 2. The second-order valence-electron chi connectivity index (χ2n) is 7.14. The van der Waals surface area contributed by atoms with E-state index in [1.807, 2.05) is 18.2 Å². The molecule has 0 bridgehead atoms. The summed E-state index contributed by atoms with van der Waals surface area (Å²) >= 11 is 1.67. The van der Waals surface area contributed by atoms with Crippen molar-refractivity contribution >= 4 is 28.5 Å². The molecule has 27 heavy (non-hydrogen) atoms. The molecule has 2 aliphatic rings. The Kier molecular flexibility index (Phi) is 4.06. The third-order valence-electron chi connectivity index (χ3n) is 5.46. The molecule has 0 spiro atoms. The largest absolute Gasteiger partial charge is 0.372 e.